The number of hydrogen-bond acceptors (Lipinski definition) is 12. The van der Waals surface area contributed by atoms with Crippen LogP contribution in [0.4, 0.5) is 0 Å². The lowest BCUT2D eigenvalue weighted by molar-refractivity contribution is 0.287. The summed E-state index contributed by atoms with van der Waals surface area (Å²) in [4.78, 5) is 17.1. The minimum absolute atomic E-state index is 0.344. The van der Waals surface area contributed by atoms with E-state index in [1.54, 1.807) is 26.6 Å². The molecule has 0 saturated heterocycles. The summed E-state index contributed by atoms with van der Waals surface area (Å²) in [5.41, 5.74) is 10.2. The van der Waals surface area contributed by atoms with Crippen LogP contribution in [0, 0.1) is 23.7 Å². The molecular formula is C66H88Cl2N6O6. The zero-order valence-electron chi connectivity index (χ0n) is 50.4. The van der Waals surface area contributed by atoms with Gasteiger partial charge in [-0.05, 0) is 97.6 Å². The first-order valence-electron chi connectivity index (χ1n) is 27.7. The first kappa shape index (κ1) is 64.1. The van der Waals surface area contributed by atoms with E-state index in [9.17, 15) is 0 Å². The Labute approximate surface area is 489 Å². The van der Waals surface area contributed by atoms with Gasteiger partial charge in [-0.1, -0.05) is 127 Å². The standard InChI is InChI=1S/C66H88Cl2N6O6/c1-45(2)25-59-41-77-49(9)37-71(11)62(28-48(7)8)44-80-64(32-54-23-19-52(20-24-54)30-56-34-58(68)36-70-66(56)76-16)40-74(14)60(26-46(3)4)42-78-50(10)38-72(12)61(27-47(5)6)43-79-63(39-73(59)13)31-53-21-17-51(18-22-53)29-55-33-57(67)35-69-65(55)75-15/h17-24,33-48H,25-32H2,1-16H3. The van der Waals surface area contributed by atoms with Gasteiger partial charge in [0.25, 0.3) is 0 Å². The number of benzene rings is 2. The number of nitrogens with zero attached hydrogens (tertiary/aromatic N) is 6. The van der Waals surface area contributed by atoms with Crippen molar-refractivity contribution in [1.82, 2.24) is 29.6 Å². The summed E-state index contributed by atoms with van der Waals surface area (Å²) in [6.07, 6.45) is 24.2. The van der Waals surface area contributed by atoms with Gasteiger partial charge in [0.05, 0.1) is 47.1 Å². The molecule has 0 bridgehead atoms. The zero-order chi connectivity index (χ0) is 58.5. The van der Waals surface area contributed by atoms with Crippen molar-refractivity contribution in [2.45, 2.75) is 121 Å². The Morgan fingerprint density at radius 1 is 0.425 bits per heavy atom. The number of allylic oxidation sites excluding steroid dienone is 8. The van der Waals surface area contributed by atoms with Gasteiger partial charge < -0.3 is 48.0 Å². The van der Waals surface area contributed by atoms with Crippen molar-refractivity contribution in [2.24, 2.45) is 23.7 Å². The lowest BCUT2D eigenvalue weighted by Crippen LogP contribution is -2.17. The van der Waals surface area contributed by atoms with E-state index in [-0.39, 0.29) is 0 Å². The van der Waals surface area contributed by atoms with E-state index in [1.807, 2.05) is 77.5 Å². The van der Waals surface area contributed by atoms with Gasteiger partial charge >= 0.3 is 0 Å². The van der Waals surface area contributed by atoms with Crippen molar-refractivity contribution >= 4 is 23.2 Å². The molecule has 1 aliphatic heterocycles. The average molecular weight is 1130 g/mol. The molecule has 80 heavy (non-hydrogen) atoms. The average Bonchev–Trinajstić information content (AvgIpc) is 3.39. The molecule has 12 nitrogen and oxygen atoms in total. The summed E-state index contributed by atoms with van der Waals surface area (Å²) in [5, 5.41) is 1.14. The van der Waals surface area contributed by atoms with Gasteiger partial charge in [0, 0.05) is 102 Å². The van der Waals surface area contributed by atoms with E-state index in [0.717, 1.165) is 105 Å². The van der Waals surface area contributed by atoms with E-state index < -0.39 is 0 Å². The van der Waals surface area contributed by atoms with Crippen molar-refractivity contribution in [3.8, 4) is 11.8 Å². The van der Waals surface area contributed by atoms with Gasteiger partial charge in [-0.15, -0.1) is 0 Å². The summed E-state index contributed by atoms with van der Waals surface area (Å²) in [7, 11) is 11.4. The fourth-order valence-corrected chi connectivity index (χ4v) is 9.30. The van der Waals surface area contributed by atoms with Crippen LogP contribution in [0.15, 0.2) is 169 Å². The number of ether oxygens (including phenoxy) is 6. The Bertz CT molecular complexity index is 2670. The van der Waals surface area contributed by atoms with Crippen LogP contribution in [0.5, 0.6) is 11.8 Å². The second kappa shape index (κ2) is 31.9. The minimum Gasteiger partial charge on any atom is -0.481 e. The van der Waals surface area contributed by atoms with E-state index in [4.69, 9.17) is 51.6 Å². The van der Waals surface area contributed by atoms with E-state index in [1.165, 1.54) is 0 Å². The molecule has 0 amide bonds. The van der Waals surface area contributed by atoms with Gasteiger partial charge in [-0.3, -0.25) is 0 Å². The van der Waals surface area contributed by atoms with Crippen LogP contribution in [0.25, 0.3) is 0 Å². The Morgan fingerprint density at radius 2 is 0.700 bits per heavy atom. The molecule has 5 rings (SSSR count). The maximum absolute atomic E-state index is 6.81. The predicted octanol–water partition coefficient (Wildman–Crippen LogP) is 16.5. The van der Waals surface area contributed by atoms with Crippen LogP contribution < -0.4 is 9.47 Å². The number of methoxy groups -OCH3 is 2. The van der Waals surface area contributed by atoms with E-state index >= 15 is 0 Å². The van der Waals surface area contributed by atoms with E-state index in [0.29, 0.717) is 71.2 Å². The lowest BCUT2D eigenvalue weighted by atomic mass is 10.0. The monoisotopic (exact) mass is 1130 g/mol. The summed E-state index contributed by atoms with van der Waals surface area (Å²) in [5.74, 6) is 5.46. The Hall–Kier alpha value is -6.76. The van der Waals surface area contributed by atoms with E-state index in [2.05, 4.69) is 160 Å². The van der Waals surface area contributed by atoms with Gasteiger partial charge in [0.15, 0.2) is 0 Å². The molecule has 4 aromatic rings. The number of halogens is 2. The molecule has 0 atom stereocenters. The summed E-state index contributed by atoms with van der Waals surface area (Å²) >= 11 is 12.7. The number of pyridine rings is 2. The second-order valence-electron chi connectivity index (χ2n) is 22.4. The van der Waals surface area contributed by atoms with Gasteiger partial charge in [0.2, 0.25) is 11.8 Å². The molecule has 0 spiro atoms. The quantitative estimate of drug-likeness (QED) is 0.0950. The maximum Gasteiger partial charge on any atom is 0.216 e. The third kappa shape index (κ3) is 21.7. The first-order chi connectivity index (χ1) is 38.1. The summed E-state index contributed by atoms with van der Waals surface area (Å²) in [6.45, 7) is 21.6. The van der Waals surface area contributed by atoms with Gasteiger partial charge in [-0.2, -0.15) is 0 Å². The molecule has 14 heteroatoms. The molecule has 0 fully saturated rings. The molecule has 0 radical (unpaired) electrons. The molecule has 0 unspecified atom stereocenters. The van der Waals surface area contributed by atoms with Crippen molar-refractivity contribution in [2.75, 3.05) is 42.4 Å². The SMILES string of the molecule is COc1ncc(Cl)cc1Cc1ccc(CC2=CN(C)C(CC(C)C)=COC(C)=CN(C)C(CC(C)C)=COC(Cc3ccc(Cc4cc(Cl)cnc4OC)cc3)=CN(C)C(CC(C)C)=COC(C)=CN(C)C(CC(C)C)=CO2)cc1. The number of aromatic nitrogens is 2. The Balaban J connectivity index is 1.58. The Morgan fingerprint density at radius 3 is 0.988 bits per heavy atom. The fourth-order valence-electron chi connectivity index (χ4n) is 8.94. The van der Waals surface area contributed by atoms with Crippen LogP contribution in [0.2, 0.25) is 10.0 Å². The normalized spacial score (nSPS) is 14.9. The van der Waals surface area contributed by atoms with Crippen LogP contribution in [0.1, 0.15) is 128 Å². The van der Waals surface area contributed by atoms with Crippen molar-refractivity contribution in [3.05, 3.63) is 212 Å². The molecule has 2 aromatic carbocycles. The maximum atomic E-state index is 6.81. The van der Waals surface area contributed by atoms with Crippen LogP contribution in [0.3, 0.4) is 0 Å². The summed E-state index contributed by atoms with van der Waals surface area (Å²) in [6, 6.07) is 20.9. The highest BCUT2D eigenvalue weighted by atomic mass is 35.5. The van der Waals surface area contributed by atoms with Crippen molar-refractivity contribution in [1.29, 1.82) is 0 Å². The molecule has 0 aliphatic carbocycles. The van der Waals surface area contributed by atoms with Crippen LogP contribution in [-0.2, 0) is 44.6 Å². The predicted molar refractivity (Wildman–Crippen MR) is 327 cm³/mol. The number of hydrogen-bond donors (Lipinski definition) is 0. The fraction of sp³-hybridized carbons (Fsp3) is 0.424. The molecule has 2 aromatic heterocycles. The van der Waals surface area contributed by atoms with Crippen molar-refractivity contribution in [3.63, 3.8) is 0 Å². The van der Waals surface area contributed by atoms with Gasteiger partial charge in [0.1, 0.15) is 48.1 Å². The topological polar surface area (TPSA) is 94.1 Å². The second-order valence-corrected chi connectivity index (χ2v) is 23.3. The highest BCUT2D eigenvalue weighted by molar-refractivity contribution is 6.30. The minimum atomic E-state index is 0.344. The van der Waals surface area contributed by atoms with Gasteiger partial charge in [-0.25, -0.2) is 9.97 Å². The molecule has 1 aliphatic rings. The van der Waals surface area contributed by atoms with Crippen LogP contribution >= 0.6 is 23.2 Å². The molecule has 0 saturated carbocycles. The smallest absolute Gasteiger partial charge is 0.216 e. The number of rotatable bonds is 18. The van der Waals surface area contributed by atoms with Crippen LogP contribution in [-0.4, -0.2) is 72.0 Å². The largest absolute Gasteiger partial charge is 0.481 e. The highest BCUT2D eigenvalue weighted by Gasteiger charge is 2.17. The molecule has 3 heterocycles. The van der Waals surface area contributed by atoms with Crippen molar-refractivity contribution < 1.29 is 28.4 Å². The third-order valence-electron chi connectivity index (χ3n) is 12.9. The molecule has 0 N–H and O–H groups in total. The summed E-state index contributed by atoms with van der Waals surface area (Å²) < 4.78 is 37.7. The third-order valence-corrected chi connectivity index (χ3v) is 13.3. The highest BCUT2D eigenvalue weighted by Crippen LogP contribution is 2.28. The molecule has 432 valence electrons. The first-order valence-corrected chi connectivity index (χ1v) is 28.5. The Kier molecular flexibility index (Phi) is 25.5. The lowest BCUT2D eigenvalue weighted by Gasteiger charge is -2.25. The zero-order valence-corrected chi connectivity index (χ0v) is 51.9. The molecular weight excluding hydrogens is 1040 g/mol.